The Morgan fingerprint density at radius 3 is 1.36 bits per heavy atom. The van der Waals surface area contributed by atoms with Crippen LogP contribution in [0.4, 0.5) is 0 Å². The van der Waals surface area contributed by atoms with Crippen molar-refractivity contribution >= 4 is 24.7 Å². The van der Waals surface area contributed by atoms with E-state index >= 15 is 0 Å². The topological polar surface area (TPSA) is 18.5 Å². The fourth-order valence-corrected chi connectivity index (χ4v) is 14.4. The van der Waals surface area contributed by atoms with Crippen LogP contribution in [0, 0.1) is 0 Å². The second-order valence-corrected chi connectivity index (χ2v) is 21.6. The highest BCUT2D eigenvalue weighted by Gasteiger charge is 2.55. The van der Waals surface area contributed by atoms with Gasteiger partial charge in [0.1, 0.15) is 8.07 Å². The average molecular weight is 401 g/mol. The predicted octanol–water partition coefficient (Wildman–Crippen LogP) is 6.78. The molecule has 0 fully saturated rings. The van der Waals surface area contributed by atoms with Crippen molar-refractivity contribution in [2.45, 2.75) is 103 Å². The van der Waals surface area contributed by atoms with E-state index in [4.69, 9.17) is 8.85 Å². The van der Waals surface area contributed by atoms with E-state index in [-0.39, 0.29) is 10.4 Å². The summed E-state index contributed by atoms with van der Waals surface area (Å²) in [5.41, 5.74) is 4.25. The minimum Gasteiger partial charge on any atom is -0.411 e. The van der Waals surface area contributed by atoms with E-state index in [2.05, 4.69) is 85.8 Å². The van der Waals surface area contributed by atoms with Crippen LogP contribution in [-0.4, -0.2) is 35.2 Å². The van der Waals surface area contributed by atoms with Crippen LogP contribution in [0.5, 0.6) is 0 Å². The van der Waals surface area contributed by atoms with Gasteiger partial charge in [-0.05, 0) is 51.9 Å². The van der Waals surface area contributed by atoms with Crippen LogP contribution in [0.1, 0.15) is 53.4 Å². The lowest BCUT2D eigenvalue weighted by Gasteiger charge is -2.54. The Kier molecular flexibility index (Phi) is 8.84. The van der Waals surface area contributed by atoms with Gasteiger partial charge in [-0.25, -0.2) is 0 Å². The van der Waals surface area contributed by atoms with Crippen molar-refractivity contribution in [1.29, 1.82) is 0 Å². The van der Waals surface area contributed by atoms with Crippen molar-refractivity contribution in [3.63, 3.8) is 0 Å². The van der Waals surface area contributed by atoms with E-state index in [1.54, 1.807) is 0 Å². The molecule has 2 nitrogen and oxygen atoms in total. The van der Waals surface area contributed by atoms with Gasteiger partial charge in [0.2, 0.25) is 16.6 Å². The van der Waals surface area contributed by atoms with E-state index < -0.39 is 24.7 Å². The van der Waals surface area contributed by atoms with E-state index in [0.29, 0.717) is 0 Å². The van der Waals surface area contributed by atoms with Gasteiger partial charge < -0.3 is 8.85 Å². The molecule has 0 N–H and O–H groups in total. The van der Waals surface area contributed by atoms with Crippen molar-refractivity contribution in [3.8, 4) is 0 Å². The molecule has 0 radical (unpaired) electrons. The Bertz CT molecular complexity index is 448. The largest absolute Gasteiger partial charge is 0.411 e. The van der Waals surface area contributed by atoms with Gasteiger partial charge in [-0.3, -0.25) is 0 Å². The summed E-state index contributed by atoms with van der Waals surface area (Å²) < 4.78 is 14.1. The lowest BCUT2D eigenvalue weighted by Crippen LogP contribution is -2.68. The summed E-state index contributed by atoms with van der Waals surface area (Å²) in [6.07, 6.45) is 4.06. The van der Waals surface area contributed by atoms with Crippen molar-refractivity contribution in [2.24, 2.45) is 0 Å². The van der Waals surface area contributed by atoms with E-state index in [9.17, 15) is 0 Å². The summed E-state index contributed by atoms with van der Waals surface area (Å²) in [4.78, 5) is 0. The third kappa shape index (κ3) is 5.06. The standard InChI is InChI=1S/C20H44O2Si3/c1-13-19(14-2,23(7,8)17-5)22-25(11,12)20(15-3,16-4)21-24(9,10)18-6/h17-18H,5-6,13-16H2,1-4,7-12H3. The van der Waals surface area contributed by atoms with Crippen molar-refractivity contribution in [3.05, 3.63) is 24.6 Å². The summed E-state index contributed by atoms with van der Waals surface area (Å²) in [7, 11) is -5.79. The predicted molar refractivity (Wildman–Crippen MR) is 122 cm³/mol. The second-order valence-electron chi connectivity index (χ2n) is 8.85. The highest BCUT2D eigenvalue weighted by Crippen LogP contribution is 2.42. The monoisotopic (exact) mass is 400 g/mol. The first-order valence-corrected chi connectivity index (χ1v) is 18.9. The highest BCUT2D eigenvalue weighted by atomic mass is 28.4. The first-order chi connectivity index (χ1) is 11.3. The van der Waals surface area contributed by atoms with Gasteiger partial charge in [0.25, 0.3) is 0 Å². The lowest BCUT2D eigenvalue weighted by atomic mass is 10.2. The van der Waals surface area contributed by atoms with Gasteiger partial charge in [-0.1, -0.05) is 52.2 Å². The Balaban J connectivity index is 6.11. The van der Waals surface area contributed by atoms with Crippen molar-refractivity contribution < 1.29 is 8.85 Å². The van der Waals surface area contributed by atoms with Crippen molar-refractivity contribution in [1.82, 2.24) is 0 Å². The zero-order chi connectivity index (χ0) is 20.2. The zero-order valence-corrected chi connectivity index (χ0v) is 21.7. The molecule has 0 bridgehead atoms. The number of rotatable bonds is 12. The lowest BCUT2D eigenvalue weighted by molar-refractivity contribution is 0.0553. The summed E-state index contributed by atoms with van der Waals surface area (Å²) in [6.45, 7) is 31.2. The molecule has 0 aliphatic carbocycles. The third-order valence-corrected chi connectivity index (χ3v) is 16.9. The van der Waals surface area contributed by atoms with Gasteiger partial charge >= 0.3 is 0 Å². The molecular formula is C20H44O2Si3. The molecule has 0 aromatic rings. The van der Waals surface area contributed by atoms with Crippen LogP contribution in [-0.2, 0) is 8.85 Å². The molecule has 0 saturated carbocycles. The van der Waals surface area contributed by atoms with Crippen LogP contribution in [0.25, 0.3) is 0 Å². The maximum absolute atomic E-state index is 7.21. The van der Waals surface area contributed by atoms with Crippen LogP contribution >= 0.6 is 0 Å². The summed E-state index contributed by atoms with van der Waals surface area (Å²) in [6, 6.07) is 0. The van der Waals surface area contributed by atoms with Gasteiger partial charge in [-0.15, -0.1) is 13.2 Å². The molecule has 0 atom stereocenters. The molecule has 0 saturated heterocycles. The Hall–Kier alpha value is 0.0506. The summed E-state index contributed by atoms with van der Waals surface area (Å²) in [5.74, 6) is 0. The van der Waals surface area contributed by atoms with Crippen LogP contribution < -0.4 is 0 Å². The van der Waals surface area contributed by atoms with E-state index in [1.165, 1.54) is 0 Å². The molecule has 0 aromatic heterocycles. The summed E-state index contributed by atoms with van der Waals surface area (Å²) in [5, 5.41) is -0.235. The molecule has 148 valence electrons. The molecule has 0 aliphatic heterocycles. The minimum absolute atomic E-state index is 0.0662. The van der Waals surface area contributed by atoms with Crippen LogP contribution in [0.3, 0.4) is 0 Å². The summed E-state index contributed by atoms with van der Waals surface area (Å²) >= 11 is 0. The average Bonchev–Trinajstić information content (AvgIpc) is 2.57. The Labute approximate surface area is 161 Å². The van der Waals surface area contributed by atoms with Gasteiger partial charge in [0, 0.05) is 0 Å². The quantitative estimate of drug-likeness (QED) is 0.336. The third-order valence-electron chi connectivity index (χ3n) is 6.47. The molecule has 0 aromatic carbocycles. The Morgan fingerprint density at radius 1 is 0.680 bits per heavy atom. The second kappa shape index (κ2) is 8.83. The normalized spacial score (nSPS) is 14.5. The Morgan fingerprint density at radius 2 is 1.08 bits per heavy atom. The minimum atomic E-state index is -2.16. The van der Waals surface area contributed by atoms with Crippen molar-refractivity contribution in [2.75, 3.05) is 0 Å². The maximum Gasteiger partial charge on any atom is 0.217 e. The van der Waals surface area contributed by atoms with Crippen LogP contribution in [0.2, 0.25) is 39.3 Å². The zero-order valence-electron chi connectivity index (χ0n) is 18.7. The fraction of sp³-hybridized carbons (Fsp3) is 0.800. The number of hydrogen-bond donors (Lipinski definition) is 0. The molecule has 25 heavy (non-hydrogen) atoms. The first kappa shape index (κ1) is 25.1. The van der Waals surface area contributed by atoms with Gasteiger partial charge in [-0.2, -0.15) is 0 Å². The van der Waals surface area contributed by atoms with E-state index in [0.717, 1.165) is 25.7 Å². The molecule has 0 rings (SSSR count). The molecule has 0 unspecified atom stereocenters. The maximum atomic E-state index is 7.21. The molecule has 0 aliphatic rings. The smallest absolute Gasteiger partial charge is 0.217 e. The molecule has 0 spiro atoms. The molecule has 0 heterocycles. The van der Waals surface area contributed by atoms with Crippen LogP contribution in [0.15, 0.2) is 24.6 Å². The van der Waals surface area contributed by atoms with E-state index in [1.807, 2.05) is 5.70 Å². The molecule has 0 amide bonds. The number of hydrogen-bond acceptors (Lipinski definition) is 2. The molecule has 5 heteroatoms. The molecular weight excluding hydrogens is 356 g/mol. The van der Waals surface area contributed by atoms with Gasteiger partial charge in [0.15, 0.2) is 0 Å². The SMILES string of the molecule is C=C[Si](C)(C)OC(CC)(CC)[Si](C)(C)OC(CC)(CC)[Si](C)(C)C=C. The highest BCUT2D eigenvalue weighted by molar-refractivity contribution is 6.86. The fourth-order valence-electron chi connectivity index (χ4n) is 4.12. The van der Waals surface area contributed by atoms with Gasteiger partial charge in [0.05, 0.1) is 10.4 Å². The first-order valence-electron chi connectivity index (χ1n) is 9.95.